The van der Waals surface area contributed by atoms with Gasteiger partial charge < -0.3 is 14.2 Å². The second kappa shape index (κ2) is 71.3. The van der Waals surface area contributed by atoms with E-state index in [0.29, 0.717) is 19.3 Å². The van der Waals surface area contributed by atoms with Gasteiger partial charge >= 0.3 is 17.9 Å². The van der Waals surface area contributed by atoms with Crippen LogP contribution in [0.25, 0.3) is 0 Å². The molecule has 0 rings (SSSR count). The molecule has 0 heterocycles. The molecule has 0 amide bonds. The highest BCUT2D eigenvalue weighted by Gasteiger charge is 2.19. The summed E-state index contributed by atoms with van der Waals surface area (Å²) in [4.78, 5) is 38.5. The minimum atomic E-state index is -0.790. The summed E-state index contributed by atoms with van der Waals surface area (Å²) in [5.74, 6) is -0.892. The Balaban J connectivity index is 4.37. The van der Waals surface area contributed by atoms with E-state index in [1.54, 1.807) is 0 Å². The van der Waals surface area contributed by atoms with Gasteiger partial charge in [-0.1, -0.05) is 344 Å². The van der Waals surface area contributed by atoms with Gasteiger partial charge in [0.15, 0.2) is 6.10 Å². The molecule has 0 aliphatic rings. The Hall–Kier alpha value is -3.15. The van der Waals surface area contributed by atoms with E-state index in [9.17, 15) is 14.4 Å². The molecule has 0 saturated carbocycles. The van der Waals surface area contributed by atoms with Crippen molar-refractivity contribution in [1.82, 2.24) is 0 Å². The number of unbranched alkanes of at least 4 members (excludes halogenated alkanes) is 44. The van der Waals surface area contributed by atoms with E-state index < -0.39 is 6.10 Å². The predicted molar refractivity (Wildman–Crippen MR) is 362 cm³/mol. The zero-order valence-corrected chi connectivity index (χ0v) is 55.5. The molecule has 0 spiro atoms. The first-order valence-corrected chi connectivity index (χ1v) is 36.4. The van der Waals surface area contributed by atoms with E-state index in [2.05, 4.69) is 93.7 Å². The van der Waals surface area contributed by atoms with E-state index in [1.807, 2.05) is 0 Å². The van der Waals surface area contributed by atoms with Crippen molar-refractivity contribution < 1.29 is 28.6 Å². The van der Waals surface area contributed by atoms with Gasteiger partial charge in [0.2, 0.25) is 0 Å². The van der Waals surface area contributed by atoms with Gasteiger partial charge in [0, 0.05) is 19.3 Å². The largest absolute Gasteiger partial charge is 0.462 e. The molecule has 482 valence electrons. The molecule has 0 aromatic rings. The first-order valence-electron chi connectivity index (χ1n) is 36.4. The average Bonchev–Trinajstić information content (AvgIpc) is 3.49. The maximum atomic E-state index is 13.0. The molecular weight excluding hydrogens is 1020 g/mol. The molecule has 0 saturated heterocycles. The summed E-state index contributed by atoms with van der Waals surface area (Å²) in [6.45, 7) is 6.57. The normalized spacial score (nSPS) is 12.5. The van der Waals surface area contributed by atoms with Crippen molar-refractivity contribution >= 4 is 17.9 Å². The minimum absolute atomic E-state index is 0.0828. The lowest BCUT2D eigenvalue weighted by atomic mass is 10.0. The minimum Gasteiger partial charge on any atom is -0.462 e. The predicted octanol–water partition coefficient (Wildman–Crippen LogP) is 25.2. The summed E-state index contributed by atoms with van der Waals surface area (Å²) >= 11 is 0. The zero-order valence-electron chi connectivity index (χ0n) is 55.5. The van der Waals surface area contributed by atoms with Gasteiger partial charge in [-0.25, -0.2) is 0 Å². The fraction of sp³-hybridized carbons (Fsp3) is 0.805. The van der Waals surface area contributed by atoms with Crippen molar-refractivity contribution in [1.29, 1.82) is 0 Å². The van der Waals surface area contributed by atoms with Gasteiger partial charge in [0.25, 0.3) is 0 Å². The van der Waals surface area contributed by atoms with Crippen LogP contribution in [0.2, 0.25) is 0 Å². The third-order valence-electron chi connectivity index (χ3n) is 16.2. The van der Waals surface area contributed by atoms with Crippen molar-refractivity contribution in [3.63, 3.8) is 0 Å². The van der Waals surface area contributed by atoms with E-state index in [-0.39, 0.29) is 31.1 Å². The van der Waals surface area contributed by atoms with Crippen LogP contribution in [0.5, 0.6) is 0 Å². The maximum absolute atomic E-state index is 13.0. The van der Waals surface area contributed by atoms with Crippen molar-refractivity contribution in [3.05, 3.63) is 72.9 Å². The van der Waals surface area contributed by atoms with E-state index >= 15 is 0 Å². The number of carbonyl (C=O) groups excluding carboxylic acids is 3. The van der Waals surface area contributed by atoms with Gasteiger partial charge in [-0.2, -0.15) is 0 Å². The van der Waals surface area contributed by atoms with Crippen LogP contribution in [0.15, 0.2) is 72.9 Å². The number of ether oxygens (including phenoxy) is 3. The second-order valence-corrected chi connectivity index (χ2v) is 24.5. The summed E-state index contributed by atoms with van der Waals surface area (Å²) in [5.41, 5.74) is 0. The highest BCUT2D eigenvalue weighted by Crippen LogP contribution is 2.18. The highest BCUT2D eigenvalue weighted by molar-refractivity contribution is 5.71. The Morgan fingerprint density at radius 3 is 0.759 bits per heavy atom. The number of rotatable bonds is 67. The molecule has 0 N–H and O–H groups in total. The molecular formula is C77H138O6. The van der Waals surface area contributed by atoms with Crippen molar-refractivity contribution in [3.8, 4) is 0 Å². The summed E-state index contributed by atoms with van der Waals surface area (Å²) in [7, 11) is 0. The Bertz CT molecular complexity index is 1520. The molecule has 0 aliphatic carbocycles. The molecule has 0 aliphatic heterocycles. The van der Waals surface area contributed by atoms with Gasteiger partial charge in [-0.15, -0.1) is 0 Å². The topological polar surface area (TPSA) is 78.9 Å². The van der Waals surface area contributed by atoms with Crippen molar-refractivity contribution in [2.75, 3.05) is 13.2 Å². The SMILES string of the molecule is CC/C=C\C/C=C\C/C=C\C/C=C\C/C=C\CCCCCC(=O)OCC(COC(=O)CCCCCCCCCCCCC/C=C\CCCCCCCCCC)OC(=O)CCCCCCCCCCCCCCCCCCCCCCCCC. The van der Waals surface area contributed by atoms with Crippen LogP contribution in [0.4, 0.5) is 0 Å². The lowest BCUT2D eigenvalue weighted by molar-refractivity contribution is -0.167. The van der Waals surface area contributed by atoms with Crippen LogP contribution in [0.3, 0.4) is 0 Å². The molecule has 0 fully saturated rings. The van der Waals surface area contributed by atoms with Crippen LogP contribution >= 0.6 is 0 Å². The molecule has 0 bridgehead atoms. The van der Waals surface area contributed by atoms with Crippen LogP contribution in [-0.2, 0) is 28.6 Å². The molecule has 6 nitrogen and oxygen atoms in total. The van der Waals surface area contributed by atoms with Gasteiger partial charge in [-0.05, 0) is 89.9 Å². The standard InChI is InChI=1S/C77H138O6/c1-4-7-10-13-16-19-22-25-28-31-34-36-38-40-43-46-49-52-55-58-61-64-67-70-76(79)82-73-74(72-81-75(78)69-66-63-60-57-54-51-48-45-42-33-30-27-24-21-18-15-12-9-6-3)83-77(80)71-68-65-62-59-56-53-50-47-44-41-39-37-35-32-29-26-23-20-17-14-11-8-5-2/h9,12,18,21,27,30-31,34,42,45,51,54,74H,4-8,10-11,13-17,19-20,22-26,28-29,32-33,35-41,43-44,46-50,52-53,55-73H2,1-3H3/b12-9-,21-18-,30-27-,34-31-,45-42-,54-51-. The Kier molecular flexibility index (Phi) is 68.6. The second-order valence-electron chi connectivity index (χ2n) is 24.5. The summed E-state index contributed by atoms with van der Waals surface area (Å²) in [6, 6.07) is 0. The first kappa shape index (κ1) is 79.8. The first-order chi connectivity index (χ1) is 41.0. The van der Waals surface area contributed by atoms with Crippen LogP contribution in [-0.4, -0.2) is 37.2 Å². The van der Waals surface area contributed by atoms with Gasteiger partial charge in [0.05, 0.1) is 0 Å². The third kappa shape index (κ3) is 69.5. The van der Waals surface area contributed by atoms with E-state index in [1.165, 1.54) is 244 Å². The zero-order chi connectivity index (χ0) is 59.9. The van der Waals surface area contributed by atoms with E-state index in [0.717, 1.165) is 96.3 Å². The molecule has 6 heteroatoms. The van der Waals surface area contributed by atoms with Gasteiger partial charge in [-0.3, -0.25) is 14.4 Å². The summed E-state index contributed by atoms with van der Waals surface area (Å²) < 4.78 is 17.0. The number of hydrogen-bond donors (Lipinski definition) is 0. The van der Waals surface area contributed by atoms with Crippen LogP contribution in [0, 0.1) is 0 Å². The monoisotopic (exact) mass is 1160 g/mol. The number of carbonyl (C=O) groups is 3. The lowest BCUT2D eigenvalue weighted by Crippen LogP contribution is -2.30. The molecule has 1 unspecified atom stereocenters. The average molecular weight is 1160 g/mol. The molecule has 0 aromatic heterocycles. The Morgan fingerprint density at radius 2 is 0.470 bits per heavy atom. The molecule has 1 atom stereocenters. The summed E-state index contributed by atoms with van der Waals surface area (Å²) in [6.07, 6.45) is 93.6. The quantitative estimate of drug-likeness (QED) is 0.0261. The number of allylic oxidation sites excluding steroid dienone is 12. The number of esters is 3. The van der Waals surface area contributed by atoms with Crippen LogP contribution in [0.1, 0.15) is 380 Å². The maximum Gasteiger partial charge on any atom is 0.306 e. The van der Waals surface area contributed by atoms with E-state index in [4.69, 9.17) is 14.2 Å². The molecule has 83 heavy (non-hydrogen) atoms. The smallest absolute Gasteiger partial charge is 0.306 e. The molecule has 0 aromatic carbocycles. The fourth-order valence-corrected chi connectivity index (χ4v) is 10.8. The highest BCUT2D eigenvalue weighted by atomic mass is 16.6. The Labute approximate surface area is 516 Å². The number of hydrogen-bond acceptors (Lipinski definition) is 6. The Morgan fingerprint density at radius 1 is 0.253 bits per heavy atom. The van der Waals surface area contributed by atoms with Crippen molar-refractivity contribution in [2.24, 2.45) is 0 Å². The lowest BCUT2D eigenvalue weighted by Gasteiger charge is -2.18. The summed E-state index contributed by atoms with van der Waals surface area (Å²) in [5, 5.41) is 0. The van der Waals surface area contributed by atoms with Gasteiger partial charge in [0.1, 0.15) is 13.2 Å². The molecule has 0 radical (unpaired) electrons. The van der Waals surface area contributed by atoms with Crippen molar-refractivity contribution in [2.45, 2.75) is 386 Å². The fourth-order valence-electron chi connectivity index (χ4n) is 10.8. The third-order valence-corrected chi connectivity index (χ3v) is 16.2. The van der Waals surface area contributed by atoms with Crippen LogP contribution < -0.4 is 0 Å².